The van der Waals surface area contributed by atoms with Crippen LogP contribution in [0.3, 0.4) is 0 Å². The fourth-order valence-electron chi connectivity index (χ4n) is 2.60. The van der Waals surface area contributed by atoms with E-state index in [0.29, 0.717) is 28.2 Å². The quantitative estimate of drug-likeness (QED) is 0.552. The highest BCUT2D eigenvalue weighted by molar-refractivity contribution is 7.99. The van der Waals surface area contributed by atoms with E-state index >= 15 is 0 Å². The van der Waals surface area contributed by atoms with Gasteiger partial charge in [0.25, 0.3) is 5.56 Å². The molecule has 0 fully saturated rings. The van der Waals surface area contributed by atoms with Crippen molar-refractivity contribution >= 4 is 34.3 Å². The Balaban J connectivity index is 1.63. The Hall–Kier alpha value is -2.60. The van der Waals surface area contributed by atoms with Crippen molar-refractivity contribution in [2.75, 3.05) is 11.1 Å². The van der Waals surface area contributed by atoms with Crippen molar-refractivity contribution in [1.82, 2.24) is 9.55 Å². The van der Waals surface area contributed by atoms with Crippen molar-refractivity contribution in [2.24, 2.45) is 7.05 Å². The molecule has 5 nitrogen and oxygen atoms in total. The van der Waals surface area contributed by atoms with Gasteiger partial charge in [-0.05, 0) is 49.2 Å². The lowest BCUT2D eigenvalue weighted by molar-refractivity contribution is -0.115. The van der Waals surface area contributed by atoms with E-state index in [-0.39, 0.29) is 11.5 Å². The molecule has 1 heterocycles. The van der Waals surface area contributed by atoms with Crippen molar-refractivity contribution in [3.05, 3.63) is 63.9 Å². The Morgan fingerprint density at radius 1 is 1.15 bits per heavy atom. The molecule has 3 aromatic rings. The lowest BCUT2D eigenvalue weighted by atomic mass is 10.1. The zero-order valence-electron chi connectivity index (χ0n) is 15.1. The molecule has 0 aliphatic rings. The summed E-state index contributed by atoms with van der Waals surface area (Å²) in [7, 11) is 1.71. The molecule has 134 valence electrons. The number of nitrogens with zero attached hydrogens (tertiary/aromatic N) is 2. The molecule has 2 aromatic carbocycles. The summed E-state index contributed by atoms with van der Waals surface area (Å²) in [5, 5.41) is 4.13. The second kappa shape index (κ2) is 7.74. The molecule has 0 aliphatic carbocycles. The third kappa shape index (κ3) is 3.96. The topological polar surface area (TPSA) is 64.0 Å². The van der Waals surface area contributed by atoms with E-state index in [9.17, 15) is 9.59 Å². The van der Waals surface area contributed by atoms with Crippen LogP contribution >= 0.6 is 11.8 Å². The van der Waals surface area contributed by atoms with Gasteiger partial charge in [0.15, 0.2) is 5.16 Å². The lowest BCUT2D eigenvalue weighted by Gasteiger charge is -2.09. The van der Waals surface area contributed by atoms with Crippen molar-refractivity contribution in [1.29, 1.82) is 0 Å². The SMILES string of the molecule is Cc1ccc(NC(=O)CCSc2nc3ccccc3c(=O)n2C)cc1C. The fraction of sp³-hybridized carbons (Fsp3) is 0.250. The molecule has 0 spiro atoms. The highest BCUT2D eigenvalue weighted by Gasteiger charge is 2.10. The third-order valence-corrected chi connectivity index (χ3v) is 5.32. The van der Waals surface area contributed by atoms with Gasteiger partial charge < -0.3 is 5.32 Å². The number of aryl methyl sites for hydroxylation is 2. The lowest BCUT2D eigenvalue weighted by Crippen LogP contribution is -2.20. The number of fused-ring (bicyclic) bond motifs is 1. The van der Waals surface area contributed by atoms with E-state index in [1.54, 1.807) is 13.1 Å². The molecular weight excluding hydrogens is 346 g/mol. The Morgan fingerprint density at radius 3 is 2.69 bits per heavy atom. The molecule has 1 amide bonds. The monoisotopic (exact) mass is 367 g/mol. The largest absolute Gasteiger partial charge is 0.326 e. The Morgan fingerprint density at radius 2 is 1.92 bits per heavy atom. The van der Waals surface area contributed by atoms with Crippen LogP contribution in [0.15, 0.2) is 52.4 Å². The molecule has 1 N–H and O–H groups in total. The Kier molecular flexibility index (Phi) is 5.42. The van der Waals surface area contributed by atoms with Crippen molar-refractivity contribution in [3.63, 3.8) is 0 Å². The molecule has 0 atom stereocenters. The van der Waals surface area contributed by atoms with Crippen LogP contribution in [0.25, 0.3) is 10.9 Å². The van der Waals surface area contributed by atoms with E-state index in [1.165, 1.54) is 21.9 Å². The first-order valence-electron chi connectivity index (χ1n) is 8.41. The van der Waals surface area contributed by atoms with Crippen LogP contribution < -0.4 is 10.9 Å². The number of nitrogens with one attached hydrogen (secondary N) is 1. The molecule has 26 heavy (non-hydrogen) atoms. The summed E-state index contributed by atoms with van der Waals surface area (Å²) in [4.78, 5) is 29.1. The minimum atomic E-state index is -0.0716. The van der Waals surface area contributed by atoms with Crippen LogP contribution in [-0.2, 0) is 11.8 Å². The average molecular weight is 367 g/mol. The summed E-state index contributed by atoms with van der Waals surface area (Å²) in [6, 6.07) is 13.2. The number of benzene rings is 2. The first kappa shape index (κ1) is 18.2. The molecule has 3 rings (SSSR count). The fourth-order valence-corrected chi connectivity index (χ4v) is 3.51. The number of rotatable bonds is 5. The minimum absolute atomic E-state index is 0.0495. The van der Waals surface area contributed by atoms with Crippen molar-refractivity contribution in [2.45, 2.75) is 25.4 Å². The number of amides is 1. The third-order valence-electron chi connectivity index (χ3n) is 4.29. The summed E-state index contributed by atoms with van der Waals surface area (Å²) in [5.41, 5.74) is 3.75. The Bertz CT molecular complexity index is 1030. The Labute approximate surface area is 156 Å². The highest BCUT2D eigenvalue weighted by atomic mass is 32.2. The number of thioether (sulfide) groups is 1. The van der Waals surface area contributed by atoms with Crippen LogP contribution in [0.1, 0.15) is 17.5 Å². The molecule has 0 unspecified atom stereocenters. The van der Waals surface area contributed by atoms with E-state index in [4.69, 9.17) is 0 Å². The summed E-state index contributed by atoms with van der Waals surface area (Å²) in [6.07, 6.45) is 0.348. The number of carbonyl (C=O) groups is 1. The molecule has 0 bridgehead atoms. The zero-order chi connectivity index (χ0) is 18.7. The van der Waals surface area contributed by atoms with E-state index in [0.717, 1.165) is 11.3 Å². The van der Waals surface area contributed by atoms with Crippen LogP contribution in [0.2, 0.25) is 0 Å². The van der Waals surface area contributed by atoms with Crippen LogP contribution in [0, 0.1) is 13.8 Å². The predicted molar refractivity (Wildman–Crippen MR) is 107 cm³/mol. The van der Waals surface area contributed by atoms with Gasteiger partial charge in [-0.3, -0.25) is 14.2 Å². The van der Waals surface area contributed by atoms with Crippen LogP contribution in [0.4, 0.5) is 5.69 Å². The normalized spacial score (nSPS) is 10.9. The number of carbonyl (C=O) groups excluding carboxylic acids is 1. The maximum absolute atomic E-state index is 12.4. The predicted octanol–water partition coefficient (Wildman–Crippen LogP) is 3.67. The van der Waals surface area contributed by atoms with Gasteiger partial charge in [0.1, 0.15) is 0 Å². The summed E-state index contributed by atoms with van der Waals surface area (Å²) >= 11 is 1.41. The van der Waals surface area contributed by atoms with Gasteiger partial charge in [-0.25, -0.2) is 4.98 Å². The molecule has 0 aliphatic heterocycles. The number of hydrogen-bond acceptors (Lipinski definition) is 4. The molecular formula is C20H21N3O2S. The molecule has 6 heteroatoms. The second-order valence-corrected chi connectivity index (χ2v) is 7.28. The molecule has 0 saturated carbocycles. The number of anilines is 1. The summed E-state index contributed by atoms with van der Waals surface area (Å²) < 4.78 is 1.54. The van der Waals surface area contributed by atoms with Gasteiger partial charge in [0.05, 0.1) is 10.9 Å². The molecule has 1 aromatic heterocycles. The van der Waals surface area contributed by atoms with Gasteiger partial charge in [-0.1, -0.05) is 30.0 Å². The van der Waals surface area contributed by atoms with E-state index in [2.05, 4.69) is 10.3 Å². The van der Waals surface area contributed by atoms with Gasteiger partial charge in [-0.2, -0.15) is 0 Å². The van der Waals surface area contributed by atoms with Crippen LogP contribution in [-0.4, -0.2) is 21.2 Å². The highest BCUT2D eigenvalue weighted by Crippen LogP contribution is 2.19. The van der Waals surface area contributed by atoms with Gasteiger partial charge in [0.2, 0.25) is 5.91 Å². The van der Waals surface area contributed by atoms with E-state index in [1.807, 2.05) is 50.2 Å². The smallest absolute Gasteiger partial charge is 0.261 e. The first-order chi connectivity index (χ1) is 12.5. The summed E-state index contributed by atoms with van der Waals surface area (Å²) in [6.45, 7) is 4.06. The standard InChI is InChI=1S/C20H21N3O2S/c1-13-8-9-15(12-14(13)2)21-18(24)10-11-26-20-22-17-7-5-4-6-16(17)19(25)23(20)3/h4-9,12H,10-11H2,1-3H3,(H,21,24). The maximum Gasteiger partial charge on any atom is 0.261 e. The van der Waals surface area contributed by atoms with Gasteiger partial charge in [-0.15, -0.1) is 0 Å². The molecule has 0 saturated heterocycles. The number of hydrogen-bond donors (Lipinski definition) is 1. The van der Waals surface area contributed by atoms with Crippen molar-refractivity contribution in [3.8, 4) is 0 Å². The summed E-state index contributed by atoms with van der Waals surface area (Å²) in [5.74, 6) is 0.501. The zero-order valence-corrected chi connectivity index (χ0v) is 15.9. The average Bonchev–Trinajstić information content (AvgIpc) is 2.62. The molecule has 0 radical (unpaired) electrons. The van der Waals surface area contributed by atoms with E-state index < -0.39 is 0 Å². The minimum Gasteiger partial charge on any atom is -0.326 e. The van der Waals surface area contributed by atoms with Crippen LogP contribution in [0.5, 0.6) is 0 Å². The van der Waals surface area contributed by atoms with Gasteiger partial charge in [0, 0.05) is 24.9 Å². The maximum atomic E-state index is 12.4. The number of para-hydroxylation sites is 1. The first-order valence-corrected chi connectivity index (χ1v) is 9.40. The van der Waals surface area contributed by atoms with Crippen molar-refractivity contribution < 1.29 is 4.79 Å². The number of aromatic nitrogens is 2. The second-order valence-electron chi connectivity index (χ2n) is 6.22. The van der Waals surface area contributed by atoms with Gasteiger partial charge >= 0.3 is 0 Å².